The molecule has 0 saturated carbocycles. The van der Waals surface area contributed by atoms with Crippen molar-refractivity contribution in [3.8, 4) is 0 Å². The lowest BCUT2D eigenvalue weighted by molar-refractivity contribution is -0.125. The van der Waals surface area contributed by atoms with Gasteiger partial charge in [0, 0.05) is 31.4 Å². The van der Waals surface area contributed by atoms with Crippen LogP contribution in [-0.2, 0) is 16.1 Å². The van der Waals surface area contributed by atoms with Crippen LogP contribution in [0.1, 0.15) is 38.6 Å². The Balaban J connectivity index is 1.98. The Kier molecular flexibility index (Phi) is 6.97. The SMILES string of the molecule is CCNC(=O)[C@@H]1C[C@H](NC(=O)Cn2nc(C)cc2C)CN1CC=C(C)C. The Hall–Kier alpha value is -2.15. The Morgan fingerprint density at radius 3 is 2.65 bits per heavy atom. The quantitative estimate of drug-likeness (QED) is 0.715. The van der Waals surface area contributed by atoms with Crippen LogP contribution in [0.3, 0.4) is 0 Å². The van der Waals surface area contributed by atoms with E-state index in [0.29, 0.717) is 26.1 Å². The summed E-state index contributed by atoms with van der Waals surface area (Å²) in [5.41, 5.74) is 3.09. The minimum Gasteiger partial charge on any atom is -0.355 e. The molecule has 2 rings (SSSR count). The summed E-state index contributed by atoms with van der Waals surface area (Å²) in [4.78, 5) is 26.9. The van der Waals surface area contributed by atoms with Gasteiger partial charge in [0.05, 0.1) is 11.7 Å². The van der Waals surface area contributed by atoms with E-state index >= 15 is 0 Å². The zero-order valence-corrected chi connectivity index (χ0v) is 16.5. The number of carbonyl (C=O) groups is 2. The molecule has 0 spiro atoms. The van der Waals surface area contributed by atoms with Crippen LogP contribution in [0.15, 0.2) is 17.7 Å². The van der Waals surface area contributed by atoms with Gasteiger partial charge in [-0.15, -0.1) is 0 Å². The van der Waals surface area contributed by atoms with Crippen molar-refractivity contribution in [3.05, 3.63) is 29.1 Å². The van der Waals surface area contributed by atoms with Crippen LogP contribution in [0, 0.1) is 13.8 Å². The third kappa shape index (κ3) is 5.42. The van der Waals surface area contributed by atoms with Gasteiger partial charge in [0.1, 0.15) is 6.54 Å². The number of amides is 2. The molecule has 0 bridgehead atoms. The summed E-state index contributed by atoms with van der Waals surface area (Å²) >= 11 is 0. The fourth-order valence-electron chi connectivity index (χ4n) is 3.32. The van der Waals surface area contributed by atoms with Crippen molar-refractivity contribution in [2.24, 2.45) is 0 Å². The third-order valence-corrected chi connectivity index (χ3v) is 4.55. The number of nitrogens with one attached hydrogen (secondary N) is 2. The van der Waals surface area contributed by atoms with Gasteiger partial charge >= 0.3 is 0 Å². The second-order valence-corrected chi connectivity index (χ2v) is 7.23. The molecule has 1 aliphatic heterocycles. The normalized spacial score (nSPS) is 20.0. The Morgan fingerprint density at radius 2 is 2.08 bits per heavy atom. The van der Waals surface area contributed by atoms with Crippen molar-refractivity contribution in [2.45, 2.75) is 59.7 Å². The number of carbonyl (C=O) groups excluding carboxylic acids is 2. The van der Waals surface area contributed by atoms with Crippen molar-refractivity contribution >= 4 is 11.8 Å². The van der Waals surface area contributed by atoms with Gasteiger partial charge in [-0.25, -0.2) is 0 Å². The number of hydrogen-bond donors (Lipinski definition) is 2. The highest BCUT2D eigenvalue weighted by Gasteiger charge is 2.36. The monoisotopic (exact) mass is 361 g/mol. The van der Waals surface area contributed by atoms with Gasteiger partial charge in [-0.1, -0.05) is 11.6 Å². The number of likely N-dealkylation sites (N-methyl/N-ethyl adjacent to an activating group) is 1. The number of aryl methyl sites for hydroxylation is 2. The van der Waals surface area contributed by atoms with Crippen LogP contribution in [0.25, 0.3) is 0 Å². The third-order valence-electron chi connectivity index (χ3n) is 4.55. The van der Waals surface area contributed by atoms with Crippen LogP contribution < -0.4 is 10.6 Å². The van der Waals surface area contributed by atoms with Crippen molar-refractivity contribution in [1.29, 1.82) is 0 Å². The second kappa shape index (κ2) is 8.98. The second-order valence-electron chi connectivity index (χ2n) is 7.23. The average Bonchev–Trinajstić information content (AvgIpc) is 3.08. The van der Waals surface area contributed by atoms with E-state index in [1.807, 2.05) is 40.7 Å². The molecule has 1 aromatic rings. The lowest BCUT2D eigenvalue weighted by Crippen LogP contribution is -2.43. The summed E-state index contributed by atoms with van der Waals surface area (Å²) in [5, 5.41) is 10.3. The van der Waals surface area contributed by atoms with Gasteiger partial charge in [0.25, 0.3) is 0 Å². The molecule has 1 saturated heterocycles. The summed E-state index contributed by atoms with van der Waals surface area (Å²) < 4.78 is 1.71. The summed E-state index contributed by atoms with van der Waals surface area (Å²) in [6.07, 6.45) is 2.75. The van der Waals surface area contributed by atoms with E-state index in [1.54, 1.807) is 4.68 Å². The number of allylic oxidation sites excluding steroid dienone is 1. The van der Waals surface area contributed by atoms with Gasteiger partial charge in [-0.2, -0.15) is 5.10 Å². The van der Waals surface area contributed by atoms with Crippen LogP contribution >= 0.6 is 0 Å². The number of hydrogen-bond acceptors (Lipinski definition) is 4. The molecule has 0 aliphatic carbocycles. The van der Waals surface area contributed by atoms with Crippen molar-refractivity contribution in [2.75, 3.05) is 19.6 Å². The standard InChI is InChI=1S/C19H31N5O2/c1-6-20-19(26)17-10-16(11-23(17)8-7-13(2)3)21-18(25)12-24-15(5)9-14(4)22-24/h7,9,16-17H,6,8,10-12H2,1-5H3,(H,20,26)(H,21,25)/t16-,17-/m0/s1. The van der Waals surface area contributed by atoms with Crippen LogP contribution in [0.4, 0.5) is 0 Å². The van der Waals surface area contributed by atoms with E-state index < -0.39 is 0 Å². The molecule has 26 heavy (non-hydrogen) atoms. The average molecular weight is 361 g/mol. The van der Waals surface area contributed by atoms with E-state index in [-0.39, 0.29) is 30.4 Å². The Morgan fingerprint density at radius 1 is 1.35 bits per heavy atom. The smallest absolute Gasteiger partial charge is 0.242 e. The molecule has 144 valence electrons. The summed E-state index contributed by atoms with van der Waals surface area (Å²) in [6, 6.07) is 1.72. The lowest BCUT2D eigenvalue weighted by atomic mass is 10.1. The number of aromatic nitrogens is 2. The van der Waals surface area contributed by atoms with Gasteiger partial charge in [0.2, 0.25) is 11.8 Å². The van der Waals surface area contributed by atoms with Gasteiger partial charge in [-0.3, -0.25) is 19.2 Å². The van der Waals surface area contributed by atoms with E-state index in [1.165, 1.54) is 5.57 Å². The van der Waals surface area contributed by atoms with Crippen LogP contribution in [-0.4, -0.2) is 58.2 Å². The molecule has 2 heterocycles. The zero-order chi connectivity index (χ0) is 19.3. The highest BCUT2D eigenvalue weighted by atomic mass is 16.2. The largest absolute Gasteiger partial charge is 0.355 e. The molecule has 2 atom stereocenters. The number of rotatable bonds is 7. The van der Waals surface area contributed by atoms with Gasteiger partial charge in [0.15, 0.2) is 0 Å². The summed E-state index contributed by atoms with van der Waals surface area (Å²) in [5.74, 6) is -0.0372. The van der Waals surface area contributed by atoms with E-state index in [9.17, 15) is 9.59 Å². The molecule has 0 aromatic carbocycles. The molecule has 0 radical (unpaired) electrons. The first-order valence-electron chi connectivity index (χ1n) is 9.25. The fourth-order valence-corrected chi connectivity index (χ4v) is 3.32. The van der Waals surface area contributed by atoms with Crippen molar-refractivity contribution in [3.63, 3.8) is 0 Å². The Labute approximate surface area is 155 Å². The minimum atomic E-state index is -0.204. The van der Waals surface area contributed by atoms with Crippen molar-refractivity contribution in [1.82, 2.24) is 25.3 Å². The lowest BCUT2D eigenvalue weighted by Gasteiger charge is -2.21. The predicted molar refractivity (Wildman–Crippen MR) is 102 cm³/mol. The first kappa shape index (κ1) is 20.2. The summed E-state index contributed by atoms with van der Waals surface area (Å²) in [6.45, 7) is 12.1. The predicted octanol–water partition coefficient (Wildman–Crippen LogP) is 1.16. The molecule has 1 aromatic heterocycles. The molecule has 2 amide bonds. The maximum Gasteiger partial charge on any atom is 0.242 e. The highest BCUT2D eigenvalue weighted by Crippen LogP contribution is 2.18. The van der Waals surface area contributed by atoms with Crippen LogP contribution in [0.2, 0.25) is 0 Å². The molecule has 0 unspecified atom stereocenters. The fraction of sp³-hybridized carbons (Fsp3) is 0.632. The van der Waals surface area contributed by atoms with Crippen LogP contribution in [0.5, 0.6) is 0 Å². The first-order valence-corrected chi connectivity index (χ1v) is 9.25. The van der Waals surface area contributed by atoms with E-state index in [2.05, 4.69) is 26.7 Å². The molecular formula is C19H31N5O2. The summed E-state index contributed by atoms with van der Waals surface area (Å²) in [7, 11) is 0. The molecule has 2 N–H and O–H groups in total. The molecule has 1 fully saturated rings. The number of likely N-dealkylation sites (tertiary alicyclic amines) is 1. The van der Waals surface area contributed by atoms with Gasteiger partial charge in [-0.05, 0) is 47.1 Å². The van der Waals surface area contributed by atoms with E-state index in [0.717, 1.165) is 11.4 Å². The molecular weight excluding hydrogens is 330 g/mol. The zero-order valence-electron chi connectivity index (χ0n) is 16.5. The van der Waals surface area contributed by atoms with Gasteiger partial charge < -0.3 is 10.6 Å². The van der Waals surface area contributed by atoms with E-state index in [4.69, 9.17) is 0 Å². The molecule has 1 aliphatic rings. The highest BCUT2D eigenvalue weighted by molar-refractivity contribution is 5.82. The topological polar surface area (TPSA) is 79.3 Å². The van der Waals surface area contributed by atoms with Crippen molar-refractivity contribution < 1.29 is 9.59 Å². The molecule has 7 nitrogen and oxygen atoms in total. The maximum atomic E-state index is 12.4. The minimum absolute atomic E-state index is 0.0300. The number of nitrogens with zero attached hydrogens (tertiary/aromatic N) is 3. The molecule has 7 heteroatoms. The Bertz CT molecular complexity index is 675. The first-order chi connectivity index (χ1) is 12.3. The maximum absolute atomic E-state index is 12.4.